The van der Waals surface area contributed by atoms with E-state index in [0.717, 1.165) is 19.2 Å². The van der Waals surface area contributed by atoms with Gasteiger partial charge in [0.25, 0.3) is 0 Å². The molecular formula is C8H5BF2O2. The third kappa shape index (κ3) is 1.85. The molecule has 0 atom stereocenters. The Morgan fingerprint density at radius 2 is 1.85 bits per heavy atom. The number of esters is 1. The molecule has 0 saturated carbocycles. The van der Waals surface area contributed by atoms with Crippen molar-refractivity contribution >= 4 is 19.3 Å². The van der Waals surface area contributed by atoms with Crippen LogP contribution in [0.15, 0.2) is 12.1 Å². The fourth-order valence-corrected chi connectivity index (χ4v) is 0.890. The van der Waals surface area contributed by atoms with Crippen molar-refractivity contribution < 1.29 is 18.3 Å². The molecule has 0 amide bonds. The molecule has 5 heteroatoms. The van der Waals surface area contributed by atoms with E-state index in [1.807, 2.05) is 0 Å². The van der Waals surface area contributed by atoms with Crippen LogP contribution in [0.4, 0.5) is 8.78 Å². The van der Waals surface area contributed by atoms with E-state index in [-0.39, 0.29) is 5.46 Å². The molecule has 0 N–H and O–H groups in total. The molecule has 66 valence electrons. The highest BCUT2D eigenvalue weighted by atomic mass is 19.1. The smallest absolute Gasteiger partial charge is 0.343 e. The van der Waals surface area contributed by atoms with Crippen LogP contribution in [0.25, 0.3) is 0 Å². The molecular weight excluding hydrogens is 177 g/mol. The molecule has 0 heterocycles. The first-order chi connectivity index (χ1) is 6.06. The van der Waals surface area contributed by atoms with E-state index in [4.69, 9.17) is 7.85 Å². The van der Waals surface area contributed by atoms with Gasteiger partial charge in [-0.15, -0.1) is 0 Å². The summed E-state index contributed by atoms with van der Waals surface area (Å²) in [6, 6.07) is 1.71. The lowest BCUT2D eigenvalue weighted by molar-refractivity contribution is 0.0590. The van der Waals surface area contributed by atoms with E-state index in [9.17, 15) is 13.6 Å². The Kier molecular flexibility index (Phi) is 2.65. The normalized spacial score (nSPS) is 9.77. The molecule has 0 aliphatic carbocycles. The predicted octanol–water partition coefficient (Wildman–Crippen LogP) is 0.545. The Morgan fingerprint density at radius 3 is 2.23 bits per heavy atom. The highest BCUT2D eigenvalue weighted by Gasteiger charge is 2.17. The van der Waals surface area contributed by atoms with Crippen LogP contribution < -0.4 is 5.46 Å². The minimum Gasteiger partial charge on any atom is -0.465 e. The minimum absolute atomic E-state index is 0.0809. The van der Waals surface area contributed by atoms with Gasteiger partial charge in [-0.3, -0.25) is 0 Å². The Morgan fingerprint density at radius 1 is 1.38 bits per heavy atom. The van der Waals surface area contributed by atoms with E-state index in [1.165, 1.54) is 0 Å². The SMILES string of the molecule is [B]c1cc(F)c(C(=O)OC)c(F)c1. The molecule has 0 unspecified atom stereocenters. The first kappa shape index (κ1) is 9.70. The number of benzene rings is 1. The summed E-state index contributed by atoms with van der Waals surface area (Å²) in [5.41, 5.74) is -0.806. The van der Waals surface area contributed by atoms with Gasteiger partial charge in [-0.1, -0.05) is 5.46 Å². The van der Waals surface area contributed by atoms with Crippen LogP contribution in [-0.2, 0) is 4.74 Å². The number of carbonyl (C=O) groups excluding carboxylic acids is 1. The second-order valence-electron chi connectivity index (χ2n) is 2.35. The van der Waals surface area contributed by atoms with Gasteiger partial charge in [-0.05, 0) is 12.1 Å². The molecule has 0 spiro atoms. The second kappa shape index (κ2) is 3.55. The maximum Gasteiger partial charge on any atom is 0.343 e. The monoisotopic (exact) mass is 182 g/mol. The number of rotatable bonds is 1. The van der Waals surface area contributed by atoms with E-state index < -0.39 is 23.2 Å². The summed E-state index contributed by atoms with van der Waals surface area (Å²) in [5.74, 6) is -3.11. The van der Waals surface area contributed by atoms with E-state index >= 15 is 0 Å². The molecule has 0 aliphatic heterocycles. The lowest BCUT2D eigenvalue weighted by Crippen LogP contribution is -2.13. The molecule has 1 rings (SSSR count). The van der Waals surface area contributed by atoms with Gasteiger partial charge in [0.2, 0.25) is 0 Å². The van der Waals surface area contributed by atoms with Crippen LogP contribution in [0.5, 0.6) is 0 Å². The summed E-state index contributed by atoms with van der Waals surface area (Å²) < 4.78 is 30.0. The number of halogens is 2. The maximum atomic E-state index is 12.9. The van der Waals surface area contributed by atoms with Gasteiger partial charge < -0.3 is 4.74 Å². The van der Waals surface area contributed by atoms with E-state index in [1.54, 1.807) is 0 Å². The number of methoxy groups -OCH3 is 1. The Labute approximate surface area is 74.9 Å². The molecule has 0 fully saturated rings. The van der Waals surface area contributed by atoms with E-state index in [0.29, 0.717) is 0 Å². The summed E-state index contributed by atoms with van der Waals surface area (Å²) in [6.45, 7) is 0. The maximum absolute atomic E-state index is 12.9. The summed E-state index contributed by atoms with van der Waals surface area (Å²) in [6.07, 6.45) is 0. The summed E-state index contributed by atoms with van der Waals surface area (Å²) in [7, 11) is 6.18. The van der Waals surface area contributed by atoms with Gasteiger partial charge >= 0.3 is 5.97 Å². The first-order valence-corrected chi connectivity index (χ1v) is 3.39. The van der Waals surface area contributed by atoms with Crippen molar-refractivity contribution in [3.05, 3.63) is 29.3 Å². The molecule has 2 nitrogen and oxygen atoms in total. The fourth-order valence-electron chi connectivity index (χ4n) is 0.890. The van der Waals surface area contributed by atoms with Gasteiger partial charge in [0.1, 0.15) is 25.0 Å². The quantitative estimate of drug-likeness (QED) is 0.468. The molecule has 0 bridgehead atoms. The zero-order valence-electron chi connectivity index (χ0n) is 6.80. The fraction of sp³-hybridized carbons (Fsp3) is 0.125. The molecule has 13 heavy (non-hydrogen) atoms. The molecule has 1 aromatic carbocycles. The first-order valence-electron chi connectivity index (χ1n) is 3.39. The van der Waals surface area contributed by atoms with Crippen LogP contribution >= 0.6 is 0 Å². The molecule has 2 radical (unpaired) electrons. The third-order valence-electron chi connectivity index (χ3n) is 1.45. The van der Waals surface area contributed by atoms with Gasteiger partial charge in [-0.25, -0.2) is 13.6 Å². The highest BCUT2D eigenvalue weighted by molar-refractivity contribution is 6.32. The van der Waals surface area contributed by atoms with Crippen molar-refractivity contribution in [2.75, 3.05) is 7.11 Å². The number of hydrogen-bond donors (Lipinski definition) is 0. The number of ether oxygens (including phenoxy) is 1. The summed E-state index contributed by atoms with van der Waals surface area (Å²) >= 11 is 0. The molecule has 0 saturated heterocycles. The van der Waals surface area contributed by atoms with Crippen molar-refractivity contribution in [2.24, 2.45) is 0 Å². The number of carbonyl (C=O) groups is 1. The molecule has 0 aliphatic rings. The number of hydrogen-bond acceptors (Lipinski definition) is 2. The summed E-state index contributed by atoms with van der Waals surface area (Å²) in [4.78, 5) is 10.8. The molecule has 1 aromatic rings. The topological polar surface area (TPSA) is 26.3 Å². The second-order valence-corrected chi connectivity index (χ2v) is 2.35. The van der Waals surface area contributed by atoms with Crippen LogP contribution in [0.3, 0.4) is 0 Å². The zero-order chi connectivity index (χ0) is 10.0. The Balaban J connectivity index is 3.28. The van der Waals surface area contributed by atoms with Crippen LogP contribution in [0.1, 0.15) is 10.4 Å². The van der Waals surface area contributed by atoms with Crippen LogP contribution in [0, 0.1) is 11.6 Å². The minimum atomic E-state index is -1.06. The Bertz CT molecular complexity index is 329. The summed E-state index contributed by atoms with van der Waals surface area (Å²) in [5, 5.41) is 0. The Hall–Kier alpha value is -1.39. The van der Waals surface area contributed by atoms with Crippen molar-refractivity contribution in [1.82, 2.24) is 0 Å². The standard InChI is InChI=1S/C8H5BF2O2/c1-13-8(12)7-5(10)2-4(9)3-6(7)11/h2-3H,1H3. The van der Waals surface area contributed by atoms with Gasteiger partial charge in [0, 0.05) is 0 Å². The zero-order valence-corrected chi connectivity index (χ0v) is 6.80. The van der Waals surface area contributed by atoms with Crippen molar-refractivity contribution in [3.8, 4) is 0 Å². The third-order valence-corrected chi connectivity index (χ3v) is 1.45. The lowest BCUT2D eigenvalue weighted by Gasteiger charge is -2.03. The van der Waals surface area contributed by atoms with Gasteiger partial charge in [0.15, 0.2) is 0 Å². The predicted molar refractivity (Wildman–Crippen MR) is 43.1 cm³/mol. The average Bonchev–Trinajstić information content (AvgIpc) is 2.02. The lowest BCUT2D eigenvalue weighted by atomic mass is 9.94. The van der Waals surface area contributed by atoms with Gasteiger partial charge in [0.05, 0.1) is 7.11 Å². The van der Waals surface area contributed by atoms with E-state index in [2.05, 4.69) is 4.74 Å². The van der Waals surface area contributed by atoms with Crippen molar-refractivity contribution in [1.29, 1.82) is 0 Å². The molecule has 0 aromatic heterocycles. The largest absolute Gasteiger partial charge is 0.465 e. The van der Waals surface area contributed by atoms with Crippen LogP contribution in [-0.4, -0.2) is 20.9 Å². The van der Waals surface area contributed by atoms with Crippen molar-refractivity contribution in [2.45, 2.75) is 0 Å². The average molecular weight is 182 g/mol. The van der Waals surface area contributed by atoms with Crippen molar-refractivity contribution in [3.63, 3.8) is 0 Å². The highest BCUT2D eigenvalue weighted by Crippen LogP contribution is 2.11. The van der Waals surface area contributed by atoms with Crippen LogP contribution in [0.2, 0.25) is 0 Å². The van der Waals surface area contributed by atoms with Gasteiger partial charge in [-0.2, -0.15) is 0 Å².